The molecule has 1 aromatic carbocycles. The van der Waals surface area contributed by atoms with Crippen molar-refractivity contribution in [2.24, 2.45) is 0 Å². The number of ether oxygens (including phenoxy) is 3. The van der Waals surface area contributed by atoms with E-state index in [9.17, 15) is 5.11 Å². The van der Waals surface area contributed by atoms with Gasteiger partial charge in [0.1, 0.15) is 17.1 Å². The molecule has 2 unspecified atom stereocenters. The maximum atomic E-state index is 10.2. The number of aliphatic hydroxyl groups is 1. The molecule has 0 amide bonds. The van der Waals surface area contributed by atoms with Crippen LogP contribution in [0.15, 0.2) is 18.2 Å². The largest absolute Gasteiger partial charge is 0.497 e. The zero-order valence-electron chi connectivity index (χ0n) is 11.3. The molecule has 1 N–H and O–H groups in total. The van der Waals surface area contributed by atoms with E-state index in [4.69, 9.17) is 14.2 Å². The van der Waals surface area contributed by atoms with Crippen LogP contribution in [0.4, 0.5) is 0 Å². The van der Waals surface area contributed by atoms with Gasteiger partial charge in [-0.3, -0.25) is 0 Å². The molecule has 0 radical (unpaired) electrons. The second kappa shape index (κ2) is 4.78. The first-order valence-corrected chi connectivity index (χ1v) is 6.08. The maximum absolute atomic E-state index is 10.2. The summed E-state index contributed by atoms with van der Waals surface area (Å²) in [7, 11) is 3.25. The van der Waals surface area contributed by atoms with E-state index in [2.05, 4.69) is 0 Å². The minimum absolute atomic E-state index is 0.105. The molecule has 0 spiro atoms. The standard InChI is InChI=1S/C14H20O4/c1-9(16-3)14(2)8-12(15)11-6-5-10(17-4)7-13(11)18-14/h5-7,9,12,15H,8H2,1-4H3/t9?,12-,14?/m1/s1. The van der Waals surface area contributed by atoms with Crippen LogP contribution in [-0.4, -0.2) is 31.0 Å². The summed E-state index contributed by atoms with van der Waals surface area (Å²) in [5.41, 5.74) is 0.268. The number of fused-ring (bicyclic) bond motifs is 1. The Morgan fingerprint density at radius 2 is 2.17 bits per heavy atom. The Bertz CT molecular complexity index is 432. The highest BCUT2D eigenvalue weighted by Crippen LogP contribution is 2.42. The van der Waals surface area contributed by atoms with E-state index < -0.39 is 11.7 Å². The molecule has 18 heavy (non-hydrogen) atoms. The number of methoxy groups -OCH3 is 2. The average molecular weight is 252 g/mol. The van der Waals surface area contributed by atoms with Crippen molar-refractivity contribution in [2.45, 2.75) is 38.1 Å². The summed E-state index contributed by atoms with van der Waals surface area (Å²) >= 11 is 0. The number of rotatable bonds is 3. The third kappa shape index (κ3) is 2.18. The summed E-state index contributed by atoms with van der Waals surface area (Å²) in [6.45, 7) is 3.89. The molecule has 4 heteroatoms. The number of hydrogen-bond donors (Lipinski definition) is 1. The Balaban J connectivity index is 2.37. The van der Waals surface area contributed by atoms with Crippen molar-refractivity contribution < 1.29 is 19.3 Å². The van der Waals surface area contributed by atoms with Gasteiger partial charge in [0.05, 0.1) is 19.3 Å². The average Bonchev–Trinajstić information content (AvgIpc) is 2.36. The molecule has 0 aromatic heterocycles. The highest BCUT2D eigenvalue weighted by molar-refractivity contribution is 5.44. The van der Waals surface area contributed by atoms with Crippen molar-refractivity contribution in [3.63, 3.8) is 0 Å². The lowest BCUT2D eigenvalue weighted by atomic mass is 9.86. The molecule has 4 nitrogen and oxygen atoms in total. The van der Waals surface area contributed by atoms with Gasteiger partial charge in [-0.15, -0.1) is 0 Å². The Morgan fingerprint density at radius 3 is 2.78 bits per heavy atom. The number of hydrogen-bond acceptors (Lipinski definition) is 4. The SMILES string of the molecule is COc1ccc2c(c1)OC(C)(C(C)OC)C[C@H]2O. The molecule has 1 aliphatic heterocycles. The second-order valence-electron chi connectivity index (χ2n) is 4.92. The van der Waals surface area contributed by atoms with Gasteiger partial charge in [0, 0.05) is 25.2 Å². The van der Waals surface area contributed by atoms with Gasteiger partial charge in [-0.1, -0.05) is 0 Å². The van der Waals surface area contributed by atoms with Crippen molar-refractivity contribution in [3.8, 4) is 11.5 Å². The van der Waals surface area contributed by atoms with Gasteiger partial charge in [0.2, 0.25) is 0 Å². The first-order chi connectivity index (χ1) is 8.50. The molecule has 1 aromatic rings. The summed E-state index contributed by atoms with van der Waals surface area (Å²) < 4.78 is 16.5. The summed E-state index contributed by atoms with van der Waals surface area (Å²) in [4.78, 5) is 0. The zero-order valence-corrected chi connectivity index (χ0v) is 11.3. The lowest BCUT2D eigenvalue weighted by Gasteiger charge is -2.41. The molecule has 100 valence electrons. The minimum Gasteiger partial charge on any atom is -0.497 e. The third-order valence-electron chi connectivity index (χ3n) is 3.74. The molecule has 0 bridgehead atoms. The lowest BCUT2D eigenvalue weighted by Crippen LogP contribution is -2.47. The molecule has 3 atom stereocenters. The molecule has 1 aliphatic rings. The van der Waals surface area contributed by atoms with Crippen LogP contribution in [0.25, 0.3) is 0 Å². The summed E-state index contributed by atoms with van der Waals surface area (Å²) in [5.74, 6) is 1.38. The van der Waals surface area contributed by atoms with Gasteiger partial charge in [0.15, 0.2) is 0 Å². The Morgan fingerprint density at radius 1 is 1.44 bits per heavy atom. The fourth-order valence-electron chi connectivity index (χ4n) is 2.29. The van der Waals surface area contributed by atoms with Gasteiger partial charge < -0.3 is 19.3 Å². The fourth-order valence-corrected chi connectivity index (χ4v) is 2.29. The van der Waals surface area contributed by atoms with Crippen LogP contribution in [0.5, 0.6) is 11.5 Å². The van der Waals surface area contributed by atoms with Gasteiger partial charge in [-0.25, -0.2) is 0 Å². The van der Waals surface area contributed by atoms with Crippen LogP contribution >= 0.6 is 0 Å². The van der Waals surface area contributed by atoms with E-state index in [1.54, 1.807) is 20.3 Å². The van der Waals surface area contributed by atoms with Gasteiger partial charge >= 0.3 is 0 Å². The quantitative estimate of drug-likeness (QED) is 0.896. The minimum atomic E-state index is -0.540. The normalized spacial score (nSPS) is 28.2. The highest BCUT2D eigenvalue weighted by atomic mass is 16.5. The summed E-state index contributed by atoms with van der Waals surface area (Å²) in [6.07, 6.45) is -0.129. The smallest absolute Gasteiger partial charge is 0.135 e. The predicted molar refractivity (Wildman–Crippen MR) is 68.1 cm³/mol. The van der Waals surface area contributed by atoms with Crippen LogP contribution in [0.3, 0.4) is 0 Å². The summed E-state index contributed by atoms with van der Waals surface area (Å²) in [6, 6.07) is 5.47. The van der Waals surface area contributed by atoms with Crippen LogP contribution in [0.2, 0.25) is 0 Å². The first-order valence-electron chi connectivity index (χ1n) is 6.08. The molecule has 2 rings (SSSR count). The van der Waals surface area contributed by atoms with Crippen LogP contribution in [0, 0.1) is 0 Å². The van der Waals surface area contributed by atoms with Crippen molar-refractivity contribution in [1.82, 2.24) is 0 Å². The number of aliphatic hydroxyl groups excluding tert-OH is 1. The Labute approximate surface area is 107 Å². The highest BCUT2D eigenvalue weighted by Gasteiger charge is 2.41. The van der Waals surface area contributed by atoms with Crippen molar-refractivity contribution in [1.29, 1.82) is 0 Å². The van der Waals surface area contributed by atoms with E-state index in [1.165, 1.54) is 0 Å². The van der Waals surface area contributed by atoms with Crippen LogP contribution < -0.4 is 9.47 Å². The molecular weight excluding hydrogens is 232 g/mol. The molecule has 0 fully saturated rings. The topological polar surface area (TPSA) is 47.9 Å². The Hall–Kier alpha value is -1.26. The monoisotopic (exact) mass is 252 g/mol. The number of benzene rings is 1. The third-order valence-corrected chi connectivity index (χ3v) is 3.74. The molecule has 1 heterocycles. The van der Waals surface area contributed by atoms with Gasteiger partial charge in [-0.2, -0.15) is 0 Å². The van der Waals surface area contributed by atoms with Gasteiger partial charge in [0.25, 0.3) is 0 Å². The van der Waals surface area contributed by atoms with Crippen molar-refractivity contribution in [3.05, 3.63) is 23.8 Å². The van der Waals surface area contributed by atoms with Crippen LogP contribution in [0.1, 0.15) is 31.9 Å². The second-order valence-corrected chi connectivity index (χ2v) is 4.92. The fraction of sp³-hybridized carbons (Fsp3) is 0.571. The lowest BCUT2D eigenvalue weighted by molar-refractivity contribution is -0.0920. The molecule has 0 saturated heterocycles. The van der Waals surface area contributed by atoms with E-state index in [-0.39, 0.29) is 6.10 Å². The predicted octanol–water partition coefficient (Wildman–Crippen LogP) is 2.30. The summed E-state index contributed by atoms with van der Waals surface area (Å²) in [5, 5.41) is 10.2. The molecular formula is C14H20O4. The van der Waals surface area contributed by atoms with E-state index >= 15 is 0 Å². The molecule has 0 aliphatic carbocycles. The van der Waals surface area contributed by atoms with Crippen molar-refractivity contribution in [2.75, 3.05) is 14.2 Å². The molecule has 0 saturated carbocycles. The van der Waals surface area contributed by atoms with E-state index in [1.807, 2.05) is 26.0 Å². The first kappa shape index (κ1) is 13.2. The zero-order chi connectivity index (χ0) is 13.3. The van der Waals surface area contributed by atoms with Gasteiger partial charge in [-0.05, 0) is 26.0 Å². The van der Waals surface area contributed by atoms with Crippen LogP contribution in [-0.2, 0) is 4.74 Å². The Kier molecular flexibility index (Phi) is 3.50. The van der Waals surface area contributed by atoms with E-state index in [0.29, 0.717) is 12.2 Å². The van der Waals surface area contributed by atoms with Crippen molar-refractivity contribution >= 4 is 0 Å². The maximum Gasteiger partial charge on any atom is 0.135 e. The van der Waals surface area contributed by atoms with E-state index in [0.717, 1.165) is 11.3 Å².